The number of rotatable bonds is 5. The van der Waals surface area contributed by atoms with E-state index in [1.807, 2.05) is 31.2 Å². The van der Waals surface area contributed by atoms with Crippen molar-refractivity contribution in [2.45, 2.75) is 51.2 Å². The van der Waals surface area contributed by atoms with Crippen LogP contribution in [0.4, 0.5) is 0 Å². The molecule has 1 aromatic heterocycles. The fourth-order valence-corrected chi connectivity index (χ4v) is 4.01. The molecule has 26 heavy (non-hydrogen) atoms. The number of likely N-dealkylation sites (N-methyl/N-ethyl adjacent to an activating group) is 1. The summed E-state index contributed by atoms with van der Waals surface area (Å²) in [6.45, 7) is 5.26. The molecule has 0 spiro atoms. The van der Waals surface area contributed by atoms with Gasteiger partial charge in [0.05, 0.1) is 6.61 Å². The number of benzene rings is 1. The van der Waals surface area contributed by atoms with Crippen LogP contribution in [-0.2, 0) is 30.1 Å². The first-order valence-electron chi connectivity index (χ1n) is 9.20. The Balaban J connectivity index is 1.42. The molecular weight excluding hydrogens is 332 g/mol. The van der Waals surface area contributed by atoms with E-state index < -0.39 is 5.60 Å². The lowest BCUT2D eigenvalue weighted by Gasteiger charge is -2.35. The van der Waals surface area contributed by atoms with Gasteiger partial charge in [0, 0.05) is 12.6 Å². The molecule has 1 aromatic carbocycles. The number of aliphatic hydroxyl groups is 1. The van der Waals surface area contributed by atoms with Gasteiger partial charge >= 0.3 is 0 Å². The molecule has 2 aliphatic rings. The molecule has 4 rings (SSSR count). The second-order valence-electron chi connectivity index (χ2n) is 7.34. The number of aromatic nitrogens is 3. The van der Waals surface area contributed by atoms with Crippen LogP contribution in [0.25, 0.3) is 0 Å². The zero-order valence-electron chi connectivity index (χ0n) is 15.4. The van der Waals surface area contributed by atoms with Crippen molar-refractivity contribution in [2.24, 2.45) is 0 Å². The molecule has 2 aliphatic heterocycles. The molecule has 0 aliphatic carbocycles. The molecule has 1 fully saturated rings. The van der Waals surface area contributed by atoms with E-state index in [1.54, 1.807) is 0 Å². The summed E-state index contributed by atoms with van der Waals surface area (Å²) in [6.07, 6.45) is 2.15. The lowest BCUT2D eigenvalue weighted by Crippen LogP contribution is -2.43. The maximum Gasteiger partial charge on any atom is 0.171 e. The molecule has 1 saturated heterocycles. The smallest absolute Gasteiger partial charge is 0.171 e. The van der Waals surface area contributed by atoms with E-state index >= 15 is 0 Å². The van der Waals surface area contributed by atoms with Gasteiger partial charge in [-0.15, -0.1) is 10.2 Å². The van der Waals surface area contributed by atoms with Gasteiger partial charge < -0.3 is 24.0 Å². The third kappa shape index (κ3) is 3.22. The lowest BCUT2D eigenvalue weighted by molar-refractivity contribution is -0.0153. The van der Waals surface area contributed by atoms with Crippen molar-refractivity contribution in [3.8, 4) is 5.75 Å². The van der Waals surface area contributed by atoms with Crippen LogP contribution < -0.4 is 4.74 Å². The molecule has 2 aromatic rings. The molecule has 0 bridgehead atoms. The summed E-state index contributed by atoms with van der Waals surface area (Å²) < 4.78 is 13.3. The summed E-state index contributed by atoms with van der Waals surface area (Å²) in [4.78, 5) is 2.24. The molecule has 0 saturated carbocycles. The maximum absolute atomic E-state index is 11.0. The molecule has 0 amide bonds. The predicted molar refractivity (Wildman–Crippen MR) is 95.7 cm³/mol. The highest BCUT2D eigenvalue weighted by Gasteiger charge is 2.38. The first-order chi connectivity index (χ1) is 12.6. The number of fused-ring (bicyclic) bond motifs is 1. The van der Waals surface area contributed by atoms with Gasteiger partial charge in [0.1, 0.15) is 24.6 Å². The van der Waals surface area contributed by atoms with Crippen molar-refractivity contribution in [3.63, 3.8) is 0 Å². The zero-order chi connectivity index (χ0) is 18.1. The average molecular weight is 358 g/mol. The molecule has 1 unspecified atom stereocenters. The summed E-state index contributed by atoms with van der Waals surface area (Å²) in [7, 11) is 2.08. The Morgan fingerprint density at radius 2 is 2.08 bits per heavy atom. The summed E-state index contributed by atoms with van der Waals surface area (Å²) in [5.74, 6) is 2.42. The Kier molecular flexibility index (Phi) is 4.69. The maximum atomic E-state index is 11.0. The molecule has 1 N–H and O–H groups in total. The normalized spacial score (nSPS) is 22.8. The summed E-state index contributed by atoms with van der Waals surface area (Å²) in [6, 6.07) is 7.88. The van der Waals surface area contributed by atoms with Gasteiger partial charge in [-0.25, -0.2) is 0 Å². The van der Waals surface area contributed by atoms with Crippen LogP contribution >= 0.6 is 0 Å². The van der Waals surface area contributed by atoms with Crippen molar-refractivity contribution in [1.82, 2.24) is 19.7 Å². The molecule has 7 heteroatoms. The van der Waals surface area contributed by atoms with Crippen molar-refractivity contribution < 1.29 is 14.6 Å². The minimum Gasteiger partial charge on any atom is -0.486 e. The third-order valence-electron chi connectivity index (χ3n) is 5.57. The average Bonchev–Trinajstić information content (AvgIpc) is 3.27. The number of hydrogen-bond acceptors (Lipinski definition) is 6. The van der Waals surface area contributed by atoms with Gasteiger partial charge in [-0.1, -0.05) is 12.1 Å². The van der Waals surface area contributed by atoms with E-state index in [4.69, 9.17) is 9.47 Å². The highest BCUT2D eigenvalue weighted by atomic mass is 16.5. The molecule has 140 valence electrons. The Hall–Kier alpha value is -1.96. The lowest BCUT2D eigenvalue weighted by atomic mass is 9.87. The van der Waals surface area contributed by atoms with Crippen LogP contribution in [0.5, 0.6) is 5.75 Å². The first kappa shape index (κ1) is 17.5. The number of ether oxygens (including phenoxy) is 2. The van der Waals surface area contributed by atoms with E-state index in [0.29, 0.717) is 19.8 Å². The molecule has 7 nitrogen and oxygen atoms in total. The van der Waals surface area contributed by atoms with E-state index in [0.717, 1.165) is 48.9 Å². The minimum atomic E-state index is -0.865. The summed E-state index contributed by atoms with van der Waals surface area (Å²) in [5.41, 5.74) is 0.0520. The topological polar surface area (TPSA) is 72.6 Å². The molecule has 0 radical (unpaired) electrons. The van der Waals surface area contributed by atoms with Gasteiger partial charge in [-0.3, -0.25) is 0 Å². The molecule has 3 heterocycles. The summed E-state index contributed by atoms with van der Waals surface area (Å²) >= 11 is 0. The second-order valence-corrected chi connectivity index (χ2v) is 7.34. The molecule has 2 atom stereocenters. The first-order valence-corrected chi connectivity index (χ1v) is 9.20. The highest BCUT2D eigenvalue weighted by molar-refractivity contribution is 5.32. The van der Waals surface area contributed by atoms with E-state index in [2.05, 4.69) is 26.7 Å². The van der Waals surface area contributed by atoms with Gasteiger partial charge in [-0.05, 0) is 51.1 Å². The van der Waals surface area contributed by atoms with Gasteiger partial charge in [0.25, 0.3) is 0 Å². The number of likely N-dealkylation sites (tertiary alicyclic amines) is 1. The van der Waals surface area contributed by atoms with Crippen molar-refractivity contribution in [1.29, 1.82) is 0 Å². The second kappa shape index (κ2) is 6.98. The summed E-state index contributed by atoms with van der Waals surface area (Å²) in [5, 5.41) is 19.4. The number of nitrogens with zero attached hydrogens (tertiary/aromatic N) is 4. The van der Waals surface area contributed by atoms with Crippen LogP contribution in [0.1, 0.15) is 37.0 Å². The standard InChI is InChI=1S/C19H26N4O3/c1-19(24,16-4-3-9-22(16)2)14-5-7-15(8-6-14)26-13-18-21-20-17-12-25-11-10-23(17)18/h5-8,16,24H,3-4,9-13H2,1-2H3/t16-,19?/m1/s1. The molecular formula is C19H26N4O3. The SMILES string of the molecule is CN1CCC[C@@H]1C(C)(O)c1ccc(OCc2nnc3n2CCOC3)cc1. The zero-order valence-corrected chi connectivity index (χ0v) is 15.4. The van der Waals surface area contributed by atoms with Crippen LogP contribution in [0.2, 0.25) is 0 Å². The largest absolute Gasteiger partial charge is 0.486 e. The van der Waals surface area contributed by atoms with Crippen LogP contribution in [0, 0.1) is 0 Å². The van der Waals surface area contributed by atoms with Crippen LogP contribution in [0.3, 0.4) is 0 Å². The quantitative estimate of drug-likeness (QED) is 0.877. The Labute approximate surface area is 153 Å². The Morgan fingerprint density at radius 1 is 1.27 bits per heavy atom. The van der Waals surface area contributed by atoms with Crippen molar-refractivity contribution in [2.75, 3.05) is 20.2 Å². The fourth-order valence-electron chi connectivity index (χ4n) is 4.01. The third-order valence-corrected chi connectivity index (χ3v) is 5.57. The van der Waals surface area contributed by atoms with Gasteiger partial charge in [-0.2, -0.15) is 0 Å². The van der Waals surface area contributed by atoms with E-state index in [9.17, 15) is 5.11 Å². The van der Waals surface area contributed by atoms with E-state index in [-0.39, 0.29) is 6.04 Å². The monoisotopic (exact) mass is 358 g/mol. The van der Waals surface area contributed by atoms with Crippen LogP contribution in [0.15, 0.2) is 24.3 Å². The highest BCUT2D eigenvalue weighted by Crippen LogP contribution is 2.34. The Bertz CT molecular complexity index is 757. The van der Waals surface area contributed by atoms with E-state index in [1.165, 1.54) is 0 Å². The predicted octanol–water partition coefficient (Wildman–Crippen LogP) is 1.69. The fraction of sp³-hybridized carbons (Fsp3) is 0.579. The Morgan fingerprint density at radius 3 is 2.81 bits per heavy atom. The number of hydrogen-bond donors (Lipinski definition) is 1. The van der Waals surface area contributed by atoms with Crippen molar-refractivity contribution >= 4 is 0 Å². The van der Waals surface area contributed by atoms with Crippen molar-refractivity contribution in [3.05, 3.63) is 41.5 Å². The van der Waals surface area contributed by atoms with Crippen LogP contribution in [-0.4, -0.2) is 51.0 Å². The van der Waals surface area contributed by atoms with Gasteiger partial charge in [0.2, 0.25) is 0 Å². The minimum absolute atomic E-state index is 0.152. The van der Waals surface area contributed by atoms with Gasteiger partial charge in [0.15, 0.2) is 11.6 Å².